The number of pyridine rings is 1. The molecule has 144 valence electrons. The monoisotopic (exact) mass is 385 g/mol. The van der Waals surface area contributed by atoms with E-state index in [2.05, 4.69) is 39.3 Å². The zero-order valence-electron chi connectivity index (χ0n) is 15.8. The summed E-state index contributed by atoms with van der Waals surface area (Å²) in [6.07, 6.45) is 4.35. The normalized spacial score (nSPS) is 10.7. The summed E-state index contributed by atoms with van der Waals surface area (Å²) in [5.41, 5.74) is 4.38. The van der Waals surface area contributed by atoms with Crippen LogP contribution >= 0.6 is 0 Å². The zero-order chi connectivity index (χ0) is 20.2. The number of rotatable bonds is 6. The molecule has 4 rings (SSSR count). The van der Waals surface area contributed by atoms with E-state index >= 15 is 0 Å². The number of benzene rings is 2. The number of hydrogen-bond donors (Lipinski definition) is 3. The average Bonchev–Trinajstić information content (AvgIpc) is 2.74. The largest absolute Gasteiger partial charge is 0.493 e. The van der Waals surface area contributed by atoms with Crippen LogP contribution in [0.4, 0.5) is 5.69 Å². The standard InChI is InChI=1S/C22H19N5O2/c1-14-4-2-3-5-15(14)12-25-19-7-6-17(10-16(19)11-23)29-22-26-20-13-24-9-8-18(20)21(28)27-22/h2-11,13,23,25H,12H2,1H3,(H,26,27,28). The Bertz CT molecular complexity index is 1190. The molecule has 29 heavy (non-hydrogen) atoms. The van der Waals surface area contributed by atoms with Gasteiger partial charge in [0.25, 0.3) is 0 Å². The molecule has 0 spiro atoms. The Morgan fingerprint density at radius 2 is 2.00 bits per heavy atom. The molecule has 0 unspecified atom stereocenters. The van der Waals surface area contributed by atoms with Gasteiger partial charge in [0.05, 0.1) is 17.1 Å². The number of anilines is 1. The second-order valence-electron chi connectivity index (χ2n) is 6.50. The van der Waals surface area contributed by atoms with Crippen LogP contribution in [-0.4, -0.2) is 26.3 Å². The number of aromatic nitrogens is 3. The number of aromatic hydroxyl groups is 1. The van der Waals surface area contributed by atoms with Gasteiger partial charge in [-0.2, -0.15) is 9.97 Å². The van der Waals surface area contributed by atoms with Crippen molar-refractivity contribution in [2.24, 2.45) is 0 Å². The van der Waals surface area contributed by atoms with Gasteiger partial charge in [-0.25, -0.2) is 0 Å². The molecule has 0 atom stereocenters. The maximum absolute atomic E-state index is 10.1. The number of fused-ring (bicyclic) bond motifs is 1. The molecule has 4 aromatic rings. The minimum atomic E-state index is -0.170. The van der Waals surface area contributed by atoms with Gasteiger partial charge in [-0.05, 0) is 42.3 Å². The molecule has 0 saturated carbocycles. The molecule has 3 N–H and O–H groups in total. The Balaban J connectivity index is 1.55. The molecular formula is C22H19N5O2. The molecule has 0 saturated heterocycles. The van der Waals surface area contributed by atoms with E-state index in [1.165, 1.54) is 23.5 Å². The summed E-state index contributed by atoms with van der Waals surface area (Å²) in [4.78, 5) is 12.2. The highest BCUT2D eigenvalue weighted by molar-refractivity contribution is 5.86. The summed E-state index contributed by atoms with van der Waals surface area (Å²) in [5, 5.41) is 21.7. The number of nitrogens with zero attached hydrogens (tertiary/aromatic N) is 3. The van der Waals surface area contributed by atoms with E-state index in [1.807, 2.05) is 18.2 Å². The predicted molar refractivity (Wildman–Crippen MR) is 112 cm³/mol. The van der Waals surface area contributed by atoms with Crippen LogP contribution in [-0.2, 0) is 6.54 Å². The molecule has 0 fully saturated rings. The van der Waals surface area contributed by atoms with Crippen molar-refractivity contribution in [3.63, 3.8) is 0 Å². The van der Waals surface area contributed by atoms with Crippen LogP contribution in [0.3, 0.4) is 0 Å². The Morgan fingerprint density at radius 1 is 1.14 bits per heavy atom. The summed E-state index contributed by atoms with van der Waals surface area (Å²) < 4.78 is 5.71. The maximum Gasteiger partial charge on any atom is 0.325 e. The van der Waals surface area contributed by atoms with E-state index in [9.17, 15) is 5.11 Å². The minimum Gasteiger partial charge on any atom is -0.493 e. The molecule has 2 aromatic carbocycles. The van der Waals surface area contributed by atoms with E-state index in [0.29, 0.717) is 28.8 Å². The van der Waals surface area contributed by atoms with Crippen molar-refractivity contribution in [2.45, 2.75) is 13.5 Å². The lowest BCUT2D eigenvalue weighted by atomic mass is 10.1. The van der Waals surface area contributed by atoms with Crippen LogP contribution in [0.1, 0.15) is 16.7 Å². The Kier molecular flexibility index (Phi) is 5.03. The van der Waals surface area contributed by atoms with Crippen LogP contribution in [0.5, 0.6) is 17.6 Å². The lowest BCUT2D eigenvalue weighted by Gasteiger charge is -2.13. The van der Waals surface area contributed by atoms with Crippen molar-refractivity contribution in [1.82, 2.24) is 15.0 Å². The minimum absolute atomic E-state index is 0.0135. The molecular weight excluding hydrogens is 366 g/mol. The lowest BCUT2D eigenvalue weighted by molar-refractivity contribution is 0.412. The SMILES string of the molecule is Cc1ccccc1CNc1ccc(Oc2nc(O)c3ccncc3n2)cc1C=N. The van der Waals surface area contributed by atoms with Crippen molar-refractivity contribution >= 4 is 22.8 Å². The molecule has 0 amide bonds. The maximum atomic E-state index is 10.1. The van der Waals surface area contributed by atoms with Crippen LogP contribution in [0.15, 0.2) is 60.9 Å². The van der Waals surface area contributed by atoms with Gasteiger partial charge in [0.1, 0.15) is 5.75 Å². The molecule has 0 aliphatic heterocycles. The van der Waals surface area contributed by atoms with E-state index < -0.39 is 0 Å². The average molecular weight is 385 g/mol. The fourth-order valence-corrected chi connectivity index (χ4v) is 2.98. The molecule has 0 aliphatic rings. The fraction of sp³-hybridized carbons (Fsp3) is 0.0909. The summed E-state index contributed by atoms with van der Waals surface area (Å²) >= 11 is 0. The topological polar surface area (TPSA) is 104 Å². The molecule has 0 aliphatic carbocycles. The van der Waals surface area contributed by atoms with Crippen molar-refractivity contribution in [1.29, 1.82) is 5.41 Å². The third kappa shape index (κ3) is 3.98. The third-order valence-corrected chi connectivity index (χ3v) is 4.58. The Hall–Kier alpha value is -4.00. The summed E-state index contributed by atoms with van der Waals surface area (Å²) in [7, 11) is 0. The van der Waals surface area contributed by atoms with Crippen LogP contribution in [0.25, 0.3) is 10.9 Å². The van der Waals surface area contributed by atoms with E-state index in [0.717, 1.165) is 5.69 Å². The van der Waals surface area contributed by atoms with Crippen LogP contribution in [0.2, 0.25) is 0 Å². The van der Waals surface area contributed by atoms with Gasteiger partial charge in [-0.1, -0.05) is 24.3 Å². The van der Waals surface area contributed by atoms with Gasteiger partial charge in [-0.15, -0.1) is 0 Å². The van der Waals surface area contributed by atoms with Crippen LogP contribution in [0, 0.1) is 12.3 Å². The second-order valence-corrected chi connectivity index (χ2v) is 6.50. The van der Waals surface area contributed by atoms with Gasteiger partial charge >= 0.3 is 6.01 Å². The summed E-state index contributed by atoms with van der Waals surface area (Å²) in [6, 6.07) is 15.1. The van der Waals surface area contributed by atoms with E-state index in [1.54, 1.807) is 24.4 Å². The quantitative estimate of drug-likeness (QED) is 0.424. The first kappa shape index (κ1) is 18.4. The number of nitrogens with one attached hydrogen (secondary N) is 2. The first-order valence-electron chi connectivity index (χ1n) is 9.05. The van der Waals surface area contributed by atoms with E-state index in [4.69, 9.17) is 10.1 Å². The van der Waals surface area contributed by atoms with Gasteiger partial charge in [0.2, 0.25) is 5.88 Å². The molecule has 0 bridgehead atoms. The molecule has 2 aromatic heterocycles. The van der Waals surface area contributed by atoms with Crippen molar-refractivity contribution in [3.8, 4) is 17.6 Å². The molecule has 7 heteroatoms. The fourth-order valence-electron chi connectivity index (χ4n) is 2.98. The van der Waals surface area contributed by atoms with Gasteiger partial charge < -0.3 is 20.6 Å². The zero-order valence-corrected chi connectivity index (χ0v) is 15.8. The number of hydrogen-bond acceptors (Lipinski definition) is 7. The van der Waals surface area contributed by atoms with Gasteiger partial charge in [0, 0.05) is 30.2 Å². The number of aryl methyl sites for hydroxylation is 1. The predicted octanol–water partition coefficient (Wildman–Crippen LogP) is 4.44. The van der Waals surface area contributed by atoms with Crippen molar-refractivity contribution in [2.75, 3.05) is 5.32 Å². The highest BCUT2D eigenvalue weighted by Gasteiger charge is 2.10. The van der Waals surface area contributed by atoms with Gasteiger partial charge in [0.15, 0.2) is 0 Å². The Morgan fingerprint density at radius 3 is 2.83 bits per heavy atom. The third-order valence-electron chi connectivity index (χ3n) is 4.58. The highest BCUT2D eigenvalue weighted by Crippen LogP contribution is 2.28. The van der Waals surface area contributed by atoms with Crippen LogP contribution < -0.4 is 10.1 Å². The smallest absolute Gasteiger partial charge is 0.325 e. The second kappa shape index (κ2) is 7.93. The first-order chi connectivity index (χ1) is 14.1. The highest BCUT2D eigenvalue weighted by atomic mass is 16.5. The summed E-state index contributed by atoms with van der Waals surface area (Å²) in [5.74, 6) is 0.295. The molecule has 0 radical (unpaired) electrons. The van der Waals surface area contributed by atoms with Crippen molar-refractivity contribution in [3.05, 3.63) is 77.6 Å². The van der Waals surface area contributed by atoms with Gasteiger partial charge in [-0.3, -0.25) is 4.98 Å². The number of ether oxygens (including phenoxy) is 1. The van der Waals surface area contributed by atoms with E-state index in [-0.39, 0.29) is 11.9 Å². The summed E-state index contributed by atoms with van der Waals surface area (Å²) in [6.45, 7) is 2.72. The van der Waals surface area contributed by atoms with Crippen molar-refractivity contribution < 1.29 is 9.84 Å². The Labute approximate surface area is 167 Å². The lowest BCUT2D eigenvalue weighted by Crippen LogP contribution is -2.04. The molecule has 2 heterocycles. The first-order valence-corrected chi connectivity index (χ1v) is 9.05. The molecule has 7 nitrogen and oxygen atoms in total.